The summed E-state index contributed by atoms with van der Waals surface area (Å²) in [5.41, 5.74) is 1.10. The van der Waals surface area contributed by atoms with Gasteiger partial charge in [-0.25, -0.2) is 9.78 Å². The van der Waals surface area contributed by atoms with Crippen molar-refractivity contribution in [2.24, 2.45) is 5.41 Å². The molecule has 188 valence electrons. The van der Waals surface area contributed by atoms with E-state index < -0.39 is 11.4 Å². The normalized spacial score (nSPS) is 20.9. The van der Waals surface area contributed by atoms with Gasteiger partial charge in [0.1, 0.15) is 17.2 Å². The van der Waals surface area contributed by atoms with Crippen molar-refractivity contribution in [3.8, 4) is 5.88 Å². The van der Waals surface area contributed by atoms with Gasteiger partial charge in [0, 0.05) is 43.5 Å². The average Bonchev–Trinajstić information content (AvgIpc) is 3.26. The van der Waals surface area contributed by atoms with Crippen LogP contribution in [0.25, 0.3) is 10.9 Å². The van der Waals surface area contributed by atoms with E-state index >= 15 is 0 Å². The van der Waals surface area contributed by atoms with Gasteiger partial charge in [-0.1, -0.05) is 23.2 Å². The average molecular weight is 529 g/mol. The van der Waals surface area contributed by atoms with Gasteiger partial charge >= 0.3 is 5.97 Å². The van der Waals surface area contributed by atoms with Gasteiger partial charge in [0.25, 0.3) is 0 Å². The molecule has 3 fully saturated rings. The fourth-order valence-electron chi connectivity index (χ4n) is 5.92. The molecule has 1 aromatic carbocycles. The summed E-state index contributed by atoms with van der Waals surface area (Å²) in [4.78, 5) is 31.3. The third-order valence-electron chi connectivity index (χ3n) is 7.89. The van der Waals surface area contributed by atoms with E-state index in [1.165, 1.54) is 6.20 Å². The first-order chi connectivity index (χ1) is 17.3. The molecule has 8 nitrogen and oxygen atoms in total. The van der Waals surface area contributed by atoms with Crippen LogP contribution in [-0.4, -0.2) is 52.9 Å². The molecule has 6 rings (SSSR count). The Kier molecular flexibility index (Phi) is 5.85. The number of ether oxygens (including phenoxy) is 1. The molecule has 3 aliphatic rings. The Morgan fingerprint density at radius 1 is 1.25 bits per heavy atom. The highest BCUT2D eigenvalue weighted by molar-refractivity contribution is 6.34. The predicted molar refractivity (Wildman–Crippen MR) is 139 cm³/mol. The van der Waals surface area contributed by atoms with Gasteiger partial charge in [-0.3, -0.25) is 4.79 Å². The fraction of sp³-hybridized carbons (Fsp3) is 0.423. The summed E-state index contributed by atoms with van der Waals surface area (Å²) in [6.07, 6.45) is 6.97. The van der Waals surface area contributed by atoms with E-state index in [9.17, 15) is 14.7 Å². The van der Waals surface area contributed by atoms with Crippen molar-refractivity contribution in [2.45, 2.75) is 37.8 Å². The monoisotopic (exact) mass is 528 g/mol. The third kappa shape index (κ3) is 3.92. The Labute approximate surface area is 217 Å². The van der Waals surface area contributed by atoms with Crippen molar-refractivity contribution in [1.29, 1.82) is 0 Å². The Bertz CT molecular complexity index is 1410. The number of aromatic nitrogens is 2. The lowest BCUT2D eigenvalue weighted by Crippen LogP contribution is -2.60. The quantitative estimate of drug-likeness (QED) is 0.490. The number of carboxylic acid groups (broad SMARTS) is 1. The van der Waals surface area contributed by atoms with Crippen LogP contribution in [0.15, 0.2) is 41.5 Å². The predicted octanol–water partition coefficient (Wildman–Crippen LogP) is 4.37. The first kappa shape index (κ1) is 23.6. The number of fused-ring (bicyclic) bond motifs is 1. The number of nitrogens with one attached hydrogen (secondary N) is 1. The number of carbonyl (C=O) groups is 1. The van der Waals surface area contributed by atoms with Gasteiger partial charge in [-0.15, -0.1) is 0 Å². The number of anilines is 1. The molecule has 0 radical (unpaired) electrons. The lowest BCUT2D eigenvalue weighted by atomic mass is 9.61. The molecule has 2 saturated heterocycles. The van der Waals surface area contributed by atoms with Gasteiger partial charge < -0.3 is 24.6 Å². The van der Waals surface area contributed by atoms with Crippen molar-refractivity contribution in [3.63, 3.8) is 0 Å². The van der Waals surface area contributed by atoms with E-state index in [1.807, 2.05) is 10.6 Å². The molecule has 2 N–H and O–H groups in total. The van der Waals surface area contributed by atoms with Crippen LogP contribution >= 0.6 is 23.2 Å². The van der Waals surface area contributed by atoms with Crippen molar-refractivity contribution in [1.82, 2.24) is 14.9 Å². The number of hydrogen-bond donors (Lipinski definition) is 2. The summed E-state index contributed by atoms with van der Waals surface area (Å²) >= 11 is 12.9. The largest absolute Gasteiger partial charge is 0.477 e. The Morgan fingerprint density at radius 3 is 2.75 bits per heavy atom. The van der Waals surface area contributed by atoms with Crippen molar-refractivity contribution in [3.05, 3.63) is 62.5 Å². The van der Waals surface area contributed by atoms with E-state index in [0.29, 0.717) is 33.3 Å². The summed E-state index contributed by atoms with van der Waals surface area (Å²) in [7, 11) is 0. The molecule has 0 unspecified atom stereocenters. The van der Waals surface area contributed by atoms with E-state index in [4.69, 9.17) is 27.9 Å². The lowest BCUT2D eigenvalue weighted by Gasteiger charge is -2.55. The maximum atomic E-state index is 13.1. The van der Waals surface area contributed by atoms with E-state index in [-0.39, 0.29) is 17.6 Å². The molecule has 10 heteroatoms. The highest BCUT2D eigenvalue weighted by atomic mass is 35.5. The minimum Gasteiger partial charge on any atom is -0.477 e. The molecule has 2 aromatic heterocycles. The van der Waals surface area contributed by atoms with Gasteiger partial charge in [0.15, 0.2) is 0 Å². The van der Waals surface area contributed by atoms with E-state index in [1.54, 1.807) is 24.4 Å². The molecule has 3 aromatic rings. The molecule has 1 spiro atoms. The third-order valence-corrected chi connectivity index (χ3v) is 8.48. The standard InChI is InChI=1S/C26H26Cl2N4O4/c27-19-4-1-5-30-24(19)36-12-15-3-2-6-31(15)22-8-21-17(7-20(22)28)23(33)18(25(34)35)11-32(21)16-9-26(10-16)13-29-14-26/h1,4-5,7-8,11,15-16,29H,2-3,6,9-10,12-14H2,(H,34,35)/t15-/m1/s1. The molecule has 1 atom stereocenters. The zero-order valence-electron chi connectivity index (χ0n) is 19.5. The summed E-state index contributed by atoms with van der Waals surface area (Å²) in [6, 6.07) is 7.28. The second-order valence-corrected chi connectivity index (χ2v) is 11.0. The highest BCUT2D eigenvalue weighted by Gasteiger charge is 2.49. The Balaban J connectivity index is 1.37. The van der Waals surface area contributed by atoms with Crippen LogP contribution < -0.4 is 20.4 Å². The fourth-order valence-corrected chi connectivity index (χ4v) is 6.36. The van der Waals surface area contributed by atoms with Crippen LogP contribution in [0.1, 0.15) is 42.1 Å². The van der Waals surface area contributed by atoms with Crippen molar-refractivity contribution >= 4 is 45.8 Å². The first-order valence-corrected chi connectivity index (χ1v) is 12.9. The summed E-state index contributed by atoms with van der Waals surface area (Å²) < 4.78 is 7.92. The zero-order chi connectivity index (χ0) is 25.0. The number of aromatic carboxylic acids is 1. The maximum absolute atomic E-state index is 13.1. The molecule has 1 aliphatic carbocycles. The number of halogens is 2. The van der Waals surface area contributed by atoms with Crippen LogP contribution in [0.3, 0.4) is 0 Å². The minimum atomic E-state index is -1.22. The molecule has 36 heavy (non-hydrogen) atoms. The molecule has 0 bridgehead atoms. The molecular formula is C26H26Cl2N4O4. The Morgan fingerprint density at radius 2 is 2.06 bits per heavy atom. The second kappa shape index (κ2) is 8.94. The molecule has 4 heterocycles. The molecule has 1 saturated carbocycles. The topological polar surface area (TPSA) is 96.7 Å². The number of rotatable bonds is 6. The van der Waals surface area contributed by atoms with E-state index in [0.717, 1.165) is 56.5 Å². The summed E-state index contributed by atoms with van der Waals surface area (Å²) in [6.45, 7) is 3.17. The lowest BCUT2D eigenvalue weighted by molar-refractivity contribution is 0.00905. The minimum absolute atomic E-state index is 0.0597. The number of hydrogen-bond acceptors (Lipinski definition) is 6. The SMILES string of the molecule is O=C(O)c1cn(C2CC3(CNC3)C2)c2cc(N3CCC[C@@H]3COc3ncccc3Cl)c(Cl)cc2c1=O. The molecular weight excluding hydrogens is 503 g/mol. The summed E-state index contributed by atoms with van der Waals surface area (Å²) in [5.74, 6) is -0.824. The zero-order valence-corrected chi connectivity index (χ0v) is 21.1. The van der Waals surface area contributed by atoms with Gasteiger partial charge in [-0.05, 0) is 55.4 Å². The number of carboxylic acids is 1. The van der Waals surface area contributed by atoms with E-state index in [2.05, 4.69) is 15.2 Å². The van der Waals surface area contributed by atoms with Crippen molar-refractivity contribution < 1.29 is 14.6 Å². The van der Waals surface area contributed by atoms with Gasteiger partial charge in [-0.2, -0.15) is 0 Å². The van der Waals surface area contributed by atoms with Gasteiger partial charge in [0.05, 0.1) is 22.3 Å². The van der Waals surface area contributed by atoms with Gasteiger partial charge in [0.2, 0.25) is 11.3 Å². The first-order valence-electron chi connectivity index (χ1n) is 12.2. The number of nitrogens with zero attached hydrogens (tertiary/aromatic N) is 3. The van der Waals surface area contributed by atoms with Crippen LogP contribution in [0.5, 0.6) is 5.88 Å². The van der Waals surface area contributed by atoms with Crippen LogP contribution in [0.4, 0.5) is 5.69 Å². The molecule has 2 aliphatic heterocycles. The molecule has 0 amide bonds. The van der Waals surface area contributed by atoms with Crippen molar-refractivity contribution in [2.75, 3.05) is 31.1 Å². The number of pyridine rings is 2. The highest BCUT2D eigenvalue weighted by Crippen LogP contribution is 2.51. The smallest absolute Gasteiger partial charge is 0.341 e. The number of benzene rings is 1. The summed E-state index contributed by atoms with van der Waals surface area (Å²) in [5, 5.41) is 14.2. The maximum Gasteiger partial charge on any atom is 0.341 e. The second-order valence-electron chi connectivity index (χ2n) is 10.2. The Hall–Kier alpha value is -2.81. The van der Waals surface area contributed by atoms with Crippen LogP contribution in [0.2, 0.25) is 10.0 Å². The van der Waals surface area contributed by atoms with Crippen LogP contribution in [0, 0.1) is 5.41 Å². The van der Waals surface area contributed by atoms with Crippen LogP contribution in [-0.2, 0) is 0 Å².